The molecule has 0 saturated heterocycles. The second kappa shape index (κ2) is 4.31. The van der Waals surface area contributed by atoms with Crippen molar-refractivity contribution in [1.29, 1.82) is 0 Å². The molecule has 4 rings (SSSR count). The van der Waals surface area contributed by atoms with E-state index in [1.54, 1.807) is 6.26 Å². The summed E-state index contributed by atoms with van der Waals surface area (Å²) in [5.74, 6) is 0.878. The number of furan rings is 1. The van der Waals surface area contributed by atoms with E-state index in [9.17, 15) is 0 Å². The number of imidazole rings is 1. The molecule has 0 aliphatic heterocycles. The third kappa shape index (κ3) is 1.67. The SMILES string of the molecule is S=c1[nH]c2cnc3ccccc3c2n1Cc1ccco1. The number of para-hydroxylation sites is 1. The Morgan fingerprint density at radius 1 is 1.20 bits per heavy atom. The molecule has 0 unspecified atom stereocenters. The van der Waals surface area contributed by atoms with Crippen LogP contribution in [-0.4, -0.2) is 14.5 Å². The number of H-pyrrole nitrogens is 1. The summed E-state index contributed by atoms with van der Waals surface area (Å²) >= 11 is 5.43. The van der Waals surface area contributed by atoms with E-state index >= 15 is 0 Å². The van der Waals surface area contributed by atoms with Crippen LogP contribution in [0.3, 0.4) is 0 Å². The van der Waals surface area contributed by atoms with Gasteiger partial charge in [0.1, 0.15) is 5.76 Å². The quantitative estimate of drug-likeness (QED) is 0.567. The van der Waals surface area contributed by atoms with Crippen LogP contribution in [0, 0.1) is 4.77 Å². The van der Waals surface area contributed by atoms with Crippen LogP contribution in [0.25, 0.3) is 21.9 Å². The van der Waals surface area contributed by atoms with Gasteiger partial charge in [-0.3, -0.25) is 4.98 Å². The first kappa shape index (κ1) is 11.4. The van der Waals surface area contributed by atoms with E-state index in [-0.39, 0.29) is 0 Å². The fourth-order valence-corrected chi connectivity index (χ4v) is 2.77. The van der Waals surface area contributed by atoms with Crippen molar-refractivity contribution in [3.8, 4) is 0 Å². The molecule has 0 atom stereocenters. The van der Waals surface area contributed by atoms with Gasteiger partial charge < -0.3 is 14.0 Å². The number of fused-ring (bicyclic) bond motifs is 3. The molecular formula is C15H11N3OS. The molecule has 3 heterocycles. The third-order valence-corrected chi connectivity index (χ3v) is 3.72. The highest BCUT2D eigenvalue weighted by atomic mass is 32.1. The fourth-order valence-electron chi connectivity index (χ4n) is 2.50. The maximum Gasteiger partial charge on any atom is 0.178 e. The normalized spacial score (nSPS) is 11.4. The predicted molar refractivity (Wildman–Crippen MR) is 80.2 cm³/mol. The van der Waals surface area contributed by atoms with Crippen LogP contribution in [-0.2, 0) is 6.54 Å². The third-order valence-electron chi connectivity index (χ3n) is 3.40. The number of pyridine rings is 1. The average molecular weight is 281 g/mol. The molecule has 0 saturated carbocycles. The molecule has 1 aromatic carbocycles. The van der Waals surface area contributed by atoms with Crippen molar-refractivity contribution >= 4 is 34.2 Å². The summed E-state index contributed by atoms with van der Waals surface area (Å²) < 4.78 is 8.15. The molecule has 98 valence electrons. The molecule has 20 heavy (non-hydrogen) atoms. The second-order valence-electron chi connectivity index (χ2n) is 4.63. The Morgan fingerprint density at radius 3 is 2.95 bits per heavy atom. The minimum Gasteiger partial charge on any atom is -0.467 e. The first-order chi connectivity index (χ1) is 9.83. The highest BCUT2D eigenvalue weighted by molar-refractivity contribution is 7.71. The highest BCUT2D eigenvalue weighted by Gasteiger charge is 2.10. The van der Waals surface area contributed by atoms with Gasteiger partial charge in [0.2, 0.25) is 0 Å². The predicted octanol–water partition coefficient (Wildman–Crippen LogP) is 3.89. The zero-order chi connectivity index (χ0) is 13.5. The number of nitrogens with zero attached hydrogens (tertiary/aromatic N) is 2. The van der Waals surface area contributed by atoms with E-state index in [1.165, 1.54) is 0 Å². The molecule has 3 aromatic heterocycles. The van der Waals surface area contributed by atoms with Crippen molar-refractivity contribution in [2.24, 2.45) is 0 Å². The van der Waals surface area contributed by atoms with Crippen LogP contribution in [0.1, 0.15) is 5.76 Å². The van der Waals surface area contributed by atoms with Gasteiger partial charge >= 0.3 is 0 Å². The van der Waals surface area contributed by atoms with Gasteiger partial charge in [-0.25, -0.2) is 0 Å². The van der Waals surface area contributed by atoms with Crippen LogP contribution < -0.4 is 0 Å². The standard InChI is InChI=1S/C15H11N3OS/c20-15-17-13-8-16-12-6-2-1-5-11(12)14(13)18(15)9-10-4-3-7-19-10/h1-8H,9H2,(H,17,20). The van der Waals surface area contributed by atoms with E-state index in [2.05, 4.69) is 16.0 Å². The summed E-state index contributed by atoms with van der Waals surface area (Å²) in [7, 11) is 0. The molecule has 0 amide bonds. The van der Waals surface area contributed by atoms with Crippen LogP contribution >= 0.6 is 12.2 Å². The number of benzene rings is 1. The number of aromatic nitrogens is 3. The summed E-state index contributed by atoms with van der Waals surface area (Å²) in [6.07, 6.45) is 3.50. The summed E-state index contributed by atoms with van der Waals surface area (Å²) in [6.45, 7) is 0.611. The van der Waals surface area contributed by atoms with Crippen LogP contribution in [0.5, 0.6) is 0 Å². The van der Waals surface area contributed by atoms with E-state index in [1.807, 2.05) is 41.1 Å². The van der Waals surface area contributed by atoms with Gasteiger partial charge in [0.15, 0.2) is 4.77 Å². The first-order valence-electron chi connectivity index (χ1n) is 6.31. The molecule has 0 radical (unpaired) electrons. The fraction of sp³-hybridized carbons (Fsp3) is 0.0667. The molecule has 0 fully saturated rings. The zero-order valence-corrected chi connectivity index (χ0v) is 11.4. The maximum absolute atomic E-state index is 5.43. The van der Waals surface area contributed by atoms with Crippen LogP contribution in [0.2, 0.25) is 0 Å². The summed E-state index contributed by atoms with van der Waals surface area (Å²) in [5, 5.41) is 1.09. The maximum atomic E-state index is 5.43. The topological polar surface area (TPSA) is 46.8 Å². The average Bonchev–Trinajstić information content (AvgIpc) is 3.08. The first-order valence-corrected chi connectivity index (χ1v) is 6.72. The minimum atomic E-state index is 0.611. The van der Waals surface area contributed by atoms with Crippen molar-refractivity contribution in [2.75, 3.05) is 0 Å². The van der Waals surface area contributed by atoms with E-state index < -0.39 is 0 Å². The lowest BCUT2D eigenvalue weighted by Gasteiger charge is -2.04. The molecule has 0 aliphatic rings. The van der Waals surface area contributed by atoms with E-state index in [4.69, 9.17) is 16.6 Å². The minimum absolute atomic E-state index is 0.611. The van der Waals surface area contributed by atoms with Gasteiger partial charge in [-0.1, -0.05) is 18.2 Å². The lowest BCUT2D eigenvalue weighted by molar-refractivity contribution is 0.495. The molecule has 0 spiro atoms. The van der Waals surface area contributed by atoms with Gasteiger partial charge in [0, 0.05) is 5.39 Å². The van der Waals surface area contributed by atoms with Gasteiger partial charge in [-0.2, -0.15) is 0 Å². The van der Waals surface area contributed by atoms with Gasteiger partial charge in [0.25, 0.3) is 0 Å². The van der Waals surface area contributed by atoms with Crippen molar-refractivity contribution in [2.45, 2.75) is 6.54 Å². The molecule has 5 heteroatoms. The lowest BCUT2D eigenvalue weighted by atomic mass is 10.2. The van der Waals surface area contributed by atoms with Gasteiger partial charge in [-0.05, 0) is 30.4 Å². The van der Waals surface area contributed by atoms with Crippen molar-refractivity contribution in [3.63, 3.8) is 0 Å². The Hall–Kier alpha value is -2.40. The van der Waals surface area contributed by atoms with Gasteiger partial charge in [0.05, 0.1) is 35.6 Å². The number of nitrogens with one attached hydrogen (secondary N) is 1. The number of hydrogen-bond donors (Lipinski definition) is 1. The Morgan fingerprint density at radius 2 is 2.10 bits per heavy atom. The van der Waals surface area contributed by atoms with Crippen LogP contribution in [0.4, 0.5) is 0 Å². The second-order valence-corrected chi connectivity index (χ2v) is 5.02. The van der Waals surface area contributed by atoms with Crippen molar-refractivity contribution < 1.29 is 4.42 Å². The molecule has 4 aromatic rings. The molecular weight excluding hydrogens is 270 g/mol. The number of hydrogen-bond acceptors (Lipinski definition) is 3. The van der Waals surface area contributed by atoms with Crippen molar-refractivity contribution in [3.05, 3.63) is 59.4 Å². The summed E-state index contributed by atoms with van der Waals surface area (Å²) in [4.78, 5) is 7.65. The monoisotopic (exact) mass is 281 g/mol. The Balaban J connectivity index is 2.06. The van der Waals surface area contributed by atoms with Gasteiger partial charge in [-0.15, -0.1) is 0 Å². The van der Waals surface area contributed by atoms with Crippen LogP contribution in [0.15, 0.2) is 53.3 Å². The molecule has 4 nitrogen and oxygen atoms in total. The Labute approximate surface area is 119 Å². The lowest BCUT2D eigenvalue weighted by Crippen LogP contribution is -1.99. The van der Waals surface area contributed by atoms with E-state index in [0.717, 1.165) is 27.7 Å². The Kier molecular flexibility index (Phi) is 2.47. The largest absolute Gasteiger partial charge is 0.467 e. The summed E-state index contributed by atoms with van der Waals surface area (Å²) in [5.41, 5.74) is 2.97. The van der Waals surface area contributed by atoms with E-state index in [0.29, 0.717) is 11.3 Å². The summed E-state index contributed by atoms with van der Waals surface area (Å²) in [6, 6.07) is 11.9. The Bertz CT molecular complexity index is 950. The smallest absolute Gasteiger partial charge is 0.178 e. The molecule has 0 aliphatic carbocycles. The van der Waals surface area contributed by atoms with Crippen molar-refractivity contribution in [1.82, 2.24) is 14.5 Å². The molecule has 0 bridgehead atoms. The highest BCUT2D eigenvalue weighted by Crippen LogP contribution is 2.24. The zero-order valence-electron chi connectivity index (χ0n) is 10.5. The number of rotatable bonds is 2. The number of aromatic amines is 1. The molecule has 1 N–H and O–H groups in total.